The van der Waals surface area contributed by atoms with Crippen LogP contribution in [-0.4, -0.2) is 44.0 Å². The van der Waals surface area contributed by atoms with E-state index in [1.807, 2.05) is 6.07 Å². The smallest absolute Gasteiger partial charge is 0.243 e. The Kier molecular flexibility index (Phi) is 7.72. The van der Waals surface area contributed by atoms with E-state index in [2.05, 4.69) is 22.1 Å². The summed E-state index contributed by atoms with van der Waals surface area (Å²) in [4.78, 5) is 12.6. The zero-order chi connectivity index (χ0) is 20.7. The molecule has 1 amide bonds. The summed E-state index contributed by atoms with van der Waals surface area (Å²) in [6.07, 6.45) is 1.03. The molecule has 1 aromatic carbocycles. The summed E-state index contributed by atoms with van der Waals surface area (Å²) in [5, 5.41) is 16.0. The van der Waals surface area contributed by atoms with Crippen molar-refractivity contribution >= 4 is 39.0 Å². The molecule has 0 radical (unpaired) electrons. The number of nitrogens with one attached hydrogen (secondary N) is 1. The molecule has 154 valence electrons. The van der Waals surface area contributed by atoms with Crippen LogP contribution in [-0.2, 0) is 20.6 Å². The number of benzene rings is 1. The first-order valence-corrected chi connectivity index (χ1v) is 12.9. The van der Waals surface area contributed by atoms with Crippen molar-refractivity contribution in [3.63, 3.8) is 0 Å². The fourth-order valence-electron chi connectivity index (χ4n) is 3.16. The van der Waals surface area contributed by atoms with E-state index in [-0.39, 0.29) is 16.7 Å². The number of thiophene rings is 1. The summed E-state index contributed by atoms with van der Waals surface area (Å²) in [5.74, 6) is 1.67. The number of hydrogen-bond donors (Lipinski definition) is 1. The topological polar surface area (TPSA) is 90.3 Å². The molecule has 0 unspecified atom stereocenters. The third-order valence-electron chi connectivity index (χ3n) is 4.84. The maximum Gasteiger partial charge on any atom is 0.243 e. The van der Waals surface area contributed by atoms with Gasteiger partial charge in [-0.25, -0.2) is 8.42 Å². The minimum absolute atomic E-state index is 0.0107. The maximum absolute atomic E-state index is 12.7. The van der Waals surface area contributed by atoms with Crippen LogP contribution in [0.3, 0.4) is 0 Å². The Bertz CT molecular complexity index is 943. The lowest BCUT2D eigenvalue weighted by Crippen LogP contribution is -2.43. The van der Waals surface area contributed by atoms with Crippen LogP contribution in [0.25, 0.3) is 0 Å². The first-order chi connectivity index (χ1) is 14.0. The predicted molar refractivity (Wildman–Crippen MR) is 116 cm³/mol. The Morgan fingerprint density at radius 3 is 2.59 bits per heavy atom. The second-order valence-electron chi connectivity index (χ2n) is 6.79. The Morgan fingerprint density at radius 1 is 1.24 bits per heavy atom. The molecule has 9 heteroatoms. The number of rotatable bonds is 8. The highest BCUT2D eigenvalue weighted by molar-refractivity contribution is 7.98. The number of piperidine rings is 1. The zero-order valence-corrected chi connectivity index (χ0v) is 18.4. The Balaban J connectivity index is 1.41. The monoisotopic (exact) mass is 449 g/mol. The third kappa shape index (κ3) is 5.82. The van der Waals surface area contributed by atoms with Crippen molar-refractivity contribution in [1.82, 2.24) is 9.62 Å². The highest BCUT2D eigenvalue weighted by Crippen LogP contribution is 2.24. The number of amides is 1. The summed E-state index contributed by atoms with van der Waals surface area (Å²) in [5.41, 5.74) is 1.73. The second-order valence-corrected chi connectivity index (χ2v) is 10.6. The average molecular weight is 450 g/mol. The van der Waals surface area contributed by atoms with E-state index in [9.17, 15) is 13.2 Å². The highest BCUT2D eigenvalue weighted by Gasteiger charge is 2.31. The normalized spacial score (nSPS) is 15.7. The van der Waals surface area contributed by atoms with Crippen LogP contribution in [0.15, 0.2) is 46.0 Å². The van der Waals surface area contributed by atoms with E-state index < -0.39 is 10.0 Å². The van der Waals surface area contributed by atoms with E-state index in [0.717, 1.165) is 11.5 Å². The molecule has 0 saturated carbocycles. The van der Waals surface area contributed by atoms with Crippen LogP contribution in [0.5, 0.6) is 0 Å². The van der Waals surface area contributed by atoms with Crippen LogP contribution < -0.4 is 5.32 Å². The van der Waals surface area contributed by atoms with Crippen LogP contribution in [0.1, 0.15) is 24.0 Å². The number of carbonyl (C=O) groups excluding carboxylic acids is 1. The molecule has 1 aromatic heterocycles. The predicted octanol–water partition coefficient (Wildman–Crippen LogP) is 3.07. The van der Waals surface area contributed by atoms with Gasteiger partial charge in [-0.3, -0.25) is 4.79 Å². The molecule has 0 spiro atoms. The summed E-state index contributed by atoms with van der Waals surface area (Å²) >= 11 is 3.47. The highest BCUT2D eigenvalue weighted by atomic mass is 32.2. The summed E-state index contributed by atoms with van der Waals surface area (Å²) in [6, 6.07) is 10.0. The van der Waals surface area contributed by atoms with Gasteiger partial charge < -0.3 is 5.32 Å². The van der Waals surface area contributed by atoms with Crippen molar-refractivity contribution < 1.29 is 13.2 Å². The van der Waals surface area contributed by atoms with Gasteiger partial charge in [-0.2, -0.15) is 32.7 Å². The summed E-state index contributed by atoms with van der Waals surface area (Å²) < 4.78 is 26.9. The largest absolute Gasteiger partial charge is 0.355 e. The van der Waals surface area contributed by atoms with Gasteiger partial charge in [0.05, 0.1) is 16.5 Å². The van der Waals surface area contributed by atoms with Crippen LogP contribution in [0.4, 0.5) is 0 Å². The maximum atomic E-state index is 12.7. The van der Waals surface area contributed by atoms with Gasteiger partial charge in [0.1, 0.15) is 0 Å². The quantitative estimate of drug-likeness (QED) is 0.626. The van der Waals surface area contributed by atoms with Gasteiger partial charge in [-0.1, -0.05) is 0 Å². The molecule has 0 atom stereocenters. The van der Waals surface area contributed by atoms with Gasteiger partial charge in [-0.15, -0.1) is 0 Å². The number of nitrogens with zero attached hydrogens (tertiary/aromatic N) is 2. The lowest BCUT2D eigenvalue weighted by molar-refractivity contribution is -0.125. The Morgan fingerprint density at radius 2 is 1.97 bits per heavy atom. The van der Waals surface area contributed by atoms with Crippen molar-refractivity contribution in [1.29, 1.82) is 5.26 Å². The number of carbonyl (C=O) groups is 1. The summed E-state index contributed by atoms with van der Waals surface area (Å²) in [7, 11) is -3.59. The van der Waals surface area contributed by atoms with Crippen LogP contribution in [0, 0.1) is 17.2 Å². The first kappa shape index (κ1) is 21.8. The molecule has 29 heavy (non-hydrogen) atoms. The average Bonchev–Trinajstić information content (AvgIpc) is 3.27. The van der Waals surface area contributed by atoms with Gasteiger partial charge in [0.15, 0.2) is 0 Å². The van der Waals surface area contributed by atoms with Crippen molar-refractivity contribution in [3.8, 4) is 6.07 Å². The molecule has 1 saturated heterocycles. The molecule has 2 aromatic rings. The number of thioether (sulfide) groups is 1. The number of sulfonamides is 1. The van der Waals surface area contributed by atoms with Gasteiger partial charge >= 0.3 is 0 Å². The fraction of sp³-hybridized carbons (Fsp3) is 0.400. The standard InChI is InChI=1S/C20H23N3O3S3/c21-13-16-1-3-19(4-2-16)29(25,26)23-9-5-18(6-10-23)20(24)22-8-12-28-15-17-7-11-27-14-17/h1-4,7,11,14,18H,5-6,8-10,12,15H2,(H,22,24). The van der Waals surface area contributed by atoms with E-state index in [1.54, 1.807) is 23.1 Å². The fourth-order valence-corrected chi connectivity index (χ4v) is 6.21. The molecule has 0 aliphatic carbocycles. The van der Waals surface area contributed by atoms with E-state index in [1.165, 1.54) is 34.1 Å². The van der Waals surface area contributed by atoms with Crippen LogP contribution >= 0.6 is 23.1 Å². The molecule has 2 heterocycles. The SMILES string of the molecule is N#Cc1ccc(S(=O)(=O)N2CCC(C(=O)NCCSCc3ccsc3)CC2)cc1. The van der Waals surface area contributed by atoms with Gasteiger partial charge in [0.25, 0.3) is 0 Å². The second kappa shape index (κ2) is 10.3. The van der Waals surface area contributed by atoms with Gasteiger partial charge in [0, 0.05) is 37.1 Å². The number of hydrogen-bond acceptors (Lipinski definition) is 6. The van der Waals surface area contributed by atoms with Crippen LogP contribution in [0.2, 0.25) is 0 Å². The molecule has 0 bridgehead atoms. The molecule has 1 fully saturated rings. The minimum atomic E-state index is -3.59. The lowest BCUT2D eigenvalue weighted by Gasteiger charge is -2.30. The summed E-state index contributed by atoms with van der Waals surface area (Å²) in [6.45, 7) is 1.28. The molecule has 1 N–H and O–H groups in total. The first-order valence-electron chi connectivity index (χ1n) is 9.37. The van der Waals surface area contributed by atoms with Crippen molar-refractivity contribution in [2.45, 2.75) is 23.5 Å². The van der Waals surface area contributed by atoms with Gasteiger partial charge in [-0.05, 0) is 59.5 Å². The number of nitriles is 1. The van der Waals surface area contributed by atoms with E-state index >= 15 is 0 Å². The molecule has 1 aliphatic rings. The molecular formula is C20H23N3O3S3. The van der Waals surface area contributed by atoms with Crippen molar-refractivity contribution in [2.75, 3.05) is 25.4 Å². The van der Waals surface area contributed by atoms with E-state index in [4.69, 9.17) is 5.26 Å². The lowest BCUT2D eigenvalue weighted by atomic mass is 9.97. The molecule has 3 rings (SSSR count). The molecule has 6 nitrogen and oxygen atoms in total. The Labute approximate surface area is 180 Å². The molecule has 1 aliphatic heterocycles. The molecular weight excluding hydrogens is 426 g/mol. The minimum Gasteiger partial charge on any atom is -0.355 e. The zero-order valence-electron chi connectivity index (χ0n) is 15.9. The van der Waals surface area contributed by atoms with Crippen molar-refractivity contribution in [3.05, 3.63) is 52.2 Å². The third-order valence-corrected chi connectivity index (χ3v) is 8.52. The van der Waals surface area contributed by atoms with Crippen molar-refractivity contribution in [2.24, 2.45) is 5.92 Å². The Hall–Kier alpha value is -1.86. The van der Waals surface area contributed by atoms with Gasteiger partial charge in [0.2, 0.25) is 15.9 Å². The van der Waals surface area contributed by atoms with E-state index in [0.29, 0.717) is 38.0 Å².